The Bertz CT molecular complexity index is 607. The maximum atomic E-state index is 11.7. The largest absolute Gasteiger partial charge is 0.370 e. The third-order valence-electron chi connectivity index (χ3n) is 4.32. The lowest BCUT2D eigenvalue weighted by Crippen LogP contribution is -2.42. The number of ketones is 1. The Hall–Kier alpha value is -1.40. The summed E-state index contributed by atoms with van der Waals surface area (Å²) in [5.41, 5.74) is 2.12. The fraction of sp³-hybridized carbons (Fsp3) is 0.467. The highest BCUT2D eigenvalue weighted by atomic mass is 79.9. The first-order chi connectivity index (χ1) is 9.97. The van der Waals surface area contributed by atoms with Gasteiger partial charge in [0, 0.05) is 23.6 Å². The van der Waals surface area contributed by atoms with E-state index >= 15 is 0 Å². The quantitative estimate of drug-likeness (QED) is 0.829. The number of carbonyl (C=O) groups excluding carboxylic acids is 2. The van der Waals surface area contributed by atoms with E-state index in [2.05, 4.69) is 45.1 Å². The van der Waals surface area contributed by atoms with Gasteiger partial charge in [0.15, 0.2) is 0 Å². The van der Waals surface area contributed by atoms with Crippen molar-refractivity contribution in [3.63, 3.8) is 0 Å². The Morgan fingerprint density at radius 1 is 1.24 bits per heavy atom. The summed E-state index contributed by atoms with van der Waals surface area (Å²) in [6.07, 6.45) is 2.23. The summed E-state index contributed by atoms with van der Waals surface area (Å²) in [7, 11) is 4.24. The molecule has 1 fully saturated rings. The van der Waals surface area contributed by atoms with Gasteiger partial charge in [-0.25, -0.2) is 0 Å². The van der Waals surface area contributed by atoms with Crippen molar-refractivity contribution >= 4 is 39.0 Å². The Kier molecular flexibility index (Phi) is 3.75. The zero-order chi connectivity index (χ0) is 15.1. The van der Waals surface area contributed by atoms with Crippen LogP contribution in [-0.2, 0) is 4.79 Å². The van der Waals surface area contributed by atoms with Crippen LogP contribution in [0.15, 0.2) is 16.6 Å². The number of fused-ring (bicyclic) bond motifs is 1. The van der Waals surface area contributed by atoms with Crippen molar-refractivity contribution in [1.82, 2.24) is 4.90 Å². The summed E-state index contributed by atoms with van der Waals surface area (Å²) in [4.78, 5) is 27.7. The number of rotatable bonds is 2. The maximum Gasteiger partial charge on any atom is 0.296 e. The first kappa shape index (κ1) is 14.5. The molecule has 1 amide bonds. The number of carbonyl (C=O) groups is 2. The van der Waals surface area contributed by atoms with Gasteiger partial charge in [-0.2, -0.15) is 0 Å². The minimum Gasteiger partial charge on any atom is -0.370 e. The van der Waals surface area contributed by atoms with E-state index in [-0.39, 0.29) is 0 Å². The highest BCUT2D eigenvalue weighted by Crippen LogP contribution is 2.36. The van der Waals surface area contributed by atoms with Crippen LogP contribution in [0.2, 0.25) is 0 Å². The molecule has 112 valence electrons. The van der Waals surface area contributed by atoms with Gasteiger partial charge in [0.2, 0.25) is 0 Å². The SMILES string of the molecule is CN(C)C1CCN(c2cc3c(cc2Br)C(=O)C(=O)N3)CC1. The van der Waals surface area contributed by atoms with Gasteiger partial charge >= 0.3 is 0 Å². The van der Waals surface area contributed by atoms with E-state index in [1.807, 2.05) is 6.07 Å². The van der Waals surface area contributed by atoms with Crippen LogP contribution in [0, 0.1) is 0 Å². The molecule has 1 N–H and O–H groups in total. The minimum atomic E-state index is -0.541. The lowest BCUT2D eigenvalue weighted by molar-refractivity contribution is -0.112. The van der Waals surface area contributed by atoms with Crippen molar-refractivity contribution < 1.29 is 9.59 Å². The lowest BCUT2D eigenvalue weighted by Gasteiger charge is -2.37. The number of Topliss-reactive ketones (excluding diaryl/α,β-unsaturated/α-hetero) is 1. The first-order valence-electron chi connectivity index (χ1n) is 7.08. The molecule has 21 heavy (non-hydrogen) atoms. The van der Waals surface area contributed by atoms with E-state index in [4.69, 9.17) is 0 Å². The second kappa shape index (κ2) is 5.42. The molecule has 6 heteroatoms. The van der Waals surface area contributed by atoms with Crippen LogP contribution in [0.1, 0.15) is 23.2 Å². The number of hydrogen-bond acceptors (Lipinski definition) is 4. The van der Waals surface area contributed by atoms with Crippen molar-refractivity contribution in [2.24, 2.45) is 0 Å². The van der Waals surface area contributed by atoms with Gasteiger partial charge in [-0.05, 0) is 55.0 Å². The average Bonchev–Trinajstić information content (AvgIpc) is 2.73. The third kappa shape index (κ3) is 2.58. The van der Waals surface area contributed by atoms with E-state index < -0.39 is 11.7 Å². The van der Waals surface area contributed by atoms with E-state index in [0.717, 1.165) is 36.1 Å². The number of nitrogens with zero attached hydrogens (tertiary/aromatic N) is 2. The molecule has 2 aliphatic heterocycles. The standard InChI is InChI=1S/C15H18BrN3O2/c1-18(2)9-3-5-19(6-4-9)13-8-12-10(7-11(13)16)14(20)15(21)17-12/h7-9H,3-6H2,1-2H3,(H,17,20,21). The number of amides is 1. The summed E-state index contributed by atoms with van der Waals surface area (Å²) in [6, 6.07) is 4.27. The first-order valence-corrected chi connectivity index (χ1v) is 7.87. The molecule has 0 atom stereocenters. The topological polar surface area (TPSA) is 52.7 Å². The van der Waals surface area contributed by atoms with Gasteiger partial charge in [-0.15, -0.1) is 0 Å². The summed E-state index contributed by atoms with van der Waals surface area (Å²) in [5.74, 6) is -0.996. The number of halogens is 1. The summed E-state index contributed by atoms with van der Waals surface area (Å²) in [5, 5.41) is 2.64. The number of anilines is 2. The number of benzene rings is 1. The predicted octanol–water partition coefficient (Wildman–Crippen LogP) is 2.11. The van der Waals surface area contributed by atoms with Crippen LogP contribution in [0.25, 0.3) is 0 Å². The smallest absolute Gasteiger partial charge is 0.296 e. The van der Waals surface area contributed by atoms with Crippen LogP contribution in [0.3, 0.4) is 0 Å². The Morgan fingerprint density at radius 2 is 1.90 bits per heavy atom. The van der Waals surface area contributed by atoms with E-state index in [1.54, 1.807) is 6.07 Å². The number of hydrogen-bond donors (Lipinski definition) is 1. The van der Waals surface area contributed by atoms with Gasteiger partial charge in [0.1, 0.15) is 0 Å². The zero-order valence-corrected chi connectivity index (χ0v) is 13.7. The second-order valence-electron chi connectivity index (χ2n) is 5.81. The van der Waals surface area contributed by atoms with Crippen molar-refractivity contribution in [3.05, 3.63) is 22.2 Å². The molecule has 0 bridgehead atoms. The van der Waals surface area contributed by atoms with Gasteiger partial charge in [-0.3, -0.25) is 9.59 Å². The third-order valence-corrected chi connectivity index (χ3v) is 4.96. The molecule has 2 aliphatic rings. The molecule has 0 aliphatic carbocycles. The second-order valence-corrected chi connectivity index (χ2v) is 6.67. The molecule has 3 rings (SSSR count). The monoisotopic (exact) mass is 351 g/mol. The molecule has 2 heterocycles. The fourth-order valence-corrected chi connectivity index (χ4v) is 3.61. The van der Waals surface area contributed by atoms with Crippen LogP contribution >= 0.6 is 15.9 Å². The van der Waals surface area contributed by atoms with Crippen LogP contribution in [0.5, 0.6) is 0 Å². The molecule has 0 spiro atoms. The number of piperidine rings is 1. The van der Waals surface area contributed by atoms with Crippen LogP contribution in [-0.4, -0.2) is 49.8 Å². The molecule has 0 radical (unpaired) electrons. The average molecular weight is 352 g/mol. The Balaban J connectivity index is 1.83. The van der Waals surface area contributed by atoms with Crippen molar-refractivity contribution in [3.8, 4) is 0 Å². The maximum absolute atomic E-state index is 11.7. The summed E-state index contributed by atoms with van der Waals surface area (Å²) in [6.45, 7) is 1.95. The highest BCUT2D eigenvalue weighted by Gasteiger charge is 2.30. The Morgan fingerprint density at radius 3 is 2.52 bits per heavy atom. The predicted molar refractivity (Wildman–Crippen MR) is 86.0 cm³/mol. The lowest BCUT2D eigenvalue weighted by atomic mass is 10.0. The van der Waals surface area contributed by atoms with Gasteiger partial charge < -0.3 is 15.1 Å². The molecule has 1 aromatic carbocycles. The van der Waals surface area contributed by atoms with Gasteiger partial charge in [0.05, 0.1) is 16.9 Å². The molecule has 1 saturated heterocycles. The summed E-state index contributed by atoms with van der Waals surface area (Å²) < 4.78 is 0.870. The molecule has 0 aromatic heterocycles. The van der Waals surface area contributed by atoms with Crippen LogP contribution in [0.4, 0.5) is 11.4 Å². The minimum absolute atomic E-state index is 0.455. The molecular weight excluding hydrogens is 334 g/mol. The molecule has 0 unspecified atom stereocenters. The normalized spacial score (nSPS) is 19.1. The molecule has 1 aromatic rings. The van der Waals surface area contributed by atoms with Gasteiger partial charge in [0.25, 0.3) is 11.7 Å². The fourth-order valence-electron chi connectivity index (χ4n) is 3.02. The number of nitrogens with one attached hydrogen (secondary N) is 1. The summed E-state index contributed by atoms with van der Waals surface area (Å²) >= 11 is 3.53. The van der Waals surface area contributed by atoms with E-state index in [1.165, 1.54) is 0 Å². The van der Waals surface area contributed by atoms with Gasteiger partial charge in [-0.1, -0.05) is 0 Å². The van der Waals surface area contributed by atoms with Crippen molar-refractivity contribution in [2.75, 3.05) is 37.4 Å². The zero-order valence-electron chi connectivity index (χ0n) is 12.1. The van der Waals surface area contributed by atoms with Crippen LogP contribution < -0.4 is 10.2 Å². The van der Waals surface area contributed by atoms with Crippen molar-refractivity contribution in [1.29, 1.82) is 0 Å². The molecule has 0 saturated carbocycles. The van der Waals surface area contributed by atoms with E-state index in [9.17, 15) is 9.59 Å². The highest BCUT2D eigenvalue weighted by molar-refractivity contribution is 9.10. The Labute approximate surface area is 132 Å². The van der Waals surface area contributed by atoms with Crippen molar-refractivity contribution in [2.45, 2.75) is 18.9 Å². The van der Waals surface area contributed by atoms with E-state index in [0.29, 0.717) is 17.3 Å². The molecular formula is C15H18BrN3O2. The molecule has 5 nitrogen and oxygen atoms in total.